The van der Waals surface area contributed by atoms with Gasteiger partial charge in [-0.05, 0) is 37.3 Å². The van der Waals surface area contributed by atoms with Crippen molar-refractivity contribution < 1.29 is 9.53 Å². The Labute approximate surface area is 221 Å². The molecule has 2 heterocycles. The molecule has 0 spiro atoms. The number of nitrogens with zero attached hydrogens (tertiary/aromatic N) is 4. The molecule has 2 aromatic heterocycles. The van der Waals surface area contributed by atoms with E-state index in [0.717, 1.165) is 16.9 Å². The molecular weight excluding hydrogens is 525 g/mol. The van der Waals surface area contributed by atoms with Crippen LogP contribution in [0.2, 0.25) is 10.0 Å². The van der Waals surface area contributed by atoms with Gasteiger partial charge in [0, 0.05) is 22.5 Å². The number of hydrogen-bond donors (Lipinski definition) is 1. The number of carbonyl (C=O) groups excluding carboxylic acids is 1. The first-order chi connectivity index (χ1) is 16.9. The average Bonchev–Trinajstić information content (AvgIpc) is 3.44. The highest BCUT2D eigenvalue weighted by Crippen LogP contribution is 2.32. The first kappa shape index (κ1) is 25.2. The van der Waals surface area contributed by atoms with Gasteiger partial charge in [0.2, 0.25) is 5.91 Å². The molecular formula is C24H21Cl2N5O2S2. The molecule has 0 fully saturated rings. The summed E-state index contributed by atoms with van der Waals surface area (Å²) in [5.41, 5.74) is 2.58. The number of aryl methyl sites for hydroxylation is 1. The molecule has 0 bridgehead atoms. The van der Waals surface area contributed by atoms with Crippen LogP contribution in [-0.4, -0.2) is 31.4 Å². The van der Waals surface area contributed by atoms with Gasteiger partial charge in [0.25, 0.3) is 0 Å². The third kappa shape index (κ3) is 6.64. The maximum Gasteiger partial charge on any atom is 0.236 e. The molecule has 0 aliphatic rings. The number of thioether (sulfide) groups is 1. The summed E-state index contributed by atoms with van der Waals surface area (Å²) >= 11 is 14.8. The highest BCUT2D eigenvalue weighted by molar-refractivity contribution is 7.99. The fraction of sp³-hybridized carbons (Fsp3) is 0.167. The lowest BCUT2D eigenvalue weighted by atomic mass is 10.2. The van der Waals surface area contributed by atoms with E-state index >= 15 is 0 Å². The number of thiazole rings is 1. The highest BCUT2D eigenvalue weighted by Gasteiger charge is 2.16. The van der Waals surface area contributed by atoms with Crippen LogP contribution in [0, 0.1) is 6.92 Å². The molecule has 11 heteroatoms. The molecule has 0 radical (unpaired) electrons. The SMILES string of the molecule is C=CCn1c(COc2ccc(C)cc2)nnc1SCC(=O)Nc1nc(-c2ccc(Cl)cc2Cl)cs1. The summed E-state index contributed by atoms with van der Waals surface area (Å²) in [6.45, 7) is 6.58. The summed E-state index contributed by atoms with van der Waals surface area (Å²) in [5.74, 6) is 1.34. The van der Waals surface area contributed by atoms with Gasteiger partial charge in [-0.1, -0.05) is 58.7 Å². The lowest BCUT2D eigenvalue weighted by Crippen LogP contribution is -2.15. The fourth-order valence-corrected chi connectivity index (χ4v) is 5.06. The van der Waals surface area contributed by atoms with Crippen LogP contribution in [0.15, 0.2) is 65.7 Å². The van der Waals surface area contributed by atoms with Crippen LogP contribution in [0.4, 0.5) is 5.13 Å². The zero-order valence-corrected chi connectivity index (χ0v) is 21.8. The first-order valence-corrected chi connectivity index (χ1v) is 13.1. The van der Waals surface area contributed by atoms with Gasteiger partial charge < -0.3 is 10.1 Å². The minimum atomic E-state index is -0.205. The van der Waals surface area contributed by atoms with Crippen LogP contribution >= 0.6 is 46.3 Å². The molecule has 35 heavy (non-hydrogen) atoms. The Kier molecular flexibility index (Phi) is 8.46. The predicted molar refractivity (Wildman–Crippen MR) is 143 cm³/mol. The van der Waals surface area contributed by atoms with Gasteiger partial charge >= 0.3 is 0 Å². The summed E-state index contributed by atoms with van der Waals surface area (Å²) in [4.78, 5) is 17.0. The van der Waals surface area contributed by atoms with Crippen LogP contribution < -0.4 is 10.1 Å². The number of amides is 1. The van der Waals surface area contributed by atoms with E-state index in [1.807, 2.05) is 41.1 Å². The van der Waals surface area contributed by atoms with Gasteiger partial charge in [-0.2, -0.15) is 0 Å². The normalized spacial score (nSPS) is 10.8. The average molecular weight is 547 g/mol. The number of aromatic nitrogens is 4. The van der Waals surface area contributed by atoms with Gasteiger partial charge in [-0.3, -0.25) is 9.36 Å². The largest absolute Gasteiger partial charge is 0.486 e. The van der Waals surface area contributed by atoms with Crippen LogP contribution in [0.5, 0.6) is 5.75 Å². The van der Waals surface area contributed by atoms with Crippen molar-refractivity contribution in [3.63, 3.8) is 0 Å². The molecule has 180 valence electrons. The summed E-state index contributed by atoms with van der Waals surface area (Å²) in [5, 5.41) is 15.3. The molecule has 0 unspecified atom stereocenters. The van der Waals surface area contributed by atoms with Crippen molar-refractivity contribution in [1.82, 2.24) is 19.7 Å². The van der Waals surface area contributed by atoms with E-state index in [4.69, 9.17) is 27.9 Å². The van der Waals surface area contributed by atoms with Crippen molar-refractivity contribution in [2.45, 2.75) is 25.2 Å². The lowest BCUT2D eigenvalue weighted by Gasteiger charge is -2.09. The summed E-state index contributed by atoms with van der Waals surface area (Å²) in [7, 11) is 0. The number of anilines is 1. The molecule has 0 saturated heterocycles. The number of nitrogens with one attached hydrogen (secondary N) is 1. The minimum absolute atomic E-state index is 0.144. The molecule has 1 amide bonds. The van der Waals surface area contributed by atoms with Crippen LogP contribution in [-0.2, 0) is 17.9 Å². The van der Waals surface area contributed by atoms with E-state index in [1.54, 1.807) is 24.3 Å². The molecule has 0 saturated carbocycles. The Balaban J connectivity index is 1.35. The number of halogens is 2. The van der Waals surface area contributed by atoms with Crippen molar-refractivity contribution in [2.75, 3.05) is 11.1 Å². The third-order valence-electron chi connectivity index (χ3n) is 4.78. The number of ether oxygens (including phenoxy) is 1. The first-order valence-electron chi connectivity index (χ1n) is 10.5. The molecule has 4 aromatic rings. The number of rotatable bonds is 10. The Hall–Kier alpha value is -2.85. The topological polar surface area (TPSA) is 81.9 Å². The number of carbonyl (C=O) groups is 1. The van der Waals surface area contributed by atoms with E-state index in [9.17, 15) is 4.79 Å². The number of hydrogen-bond acceptors (Lipinski definition) is 7. The molecule has 4 rings (SSSR count). The Morgan fingerprint density at radius 3 is 2.77 bits per heavy atom. The zero-order valence-electron chi connectivity index (χ0n) is 18.7. The minimum Gasteiger partial charge on any atom is -0.486 e. The second-order valence-electron chi connectivity index (χ2n) is 7.40. The predicted octanol–water partition coefficient (Wildman–Crippen LogP) is 6.51. The quantitative estimate of drug-likeness (QED) is 0.180. The molecule has 2 aromatic carbocycles. The monoisotopic (exact) mass is 545 g/mol. The van der Waals surface area contributed by atoms with E-state index in [2.05, 4.69) is 27.1 Å². The summed E-state index contributed by atoms with van der Waals surface area (Å²) in [6, 6.07) is 13.0. The van der Waals surface area contributed by atoms with Crippen molar-refractivity contribution in [3.05, 3.63) is 81.9 Å². The number of benzene rings is 2. The lowest BCUT2D eigenvalue weighted by molar-refractivity contribution is -0.113. The molecule has 0 atom stereocenters. The standard InChI is InChI=1S/C24H21Cl2N5O2S2/c1-3-10-31-21(12-33-17-7-4-15(2)5-8-17)29-30-24(31)35-14-22(32)28-23-27-20(13-34-23)18-9-6-16(25)11-19(18)26/h3-9,11,13H,1,10,12,14H2,2H3,(H,27,28,32). The highest BCUT2D eigenvalue weighted by atomic mass is 35.5. The second kappa shape index (κ2) is 11.7. The molecule has 0 aliphatic carbocycles. The van der Waals surface area contributed by atoms with E-state index < -0.39 is 0 Å². The van der Waals surface area contributed by atoms with E-state index in [-0.39, 0.29) is 18.3 Å². The van der Waals surface area contributed by atoms with Gasteiger partial charge in [-0.15, -0.1) is 28.1 Å². The van der Waals surface area contributed by atoms with Crippen LogP contribution in [0.25, 0.3) is 11.3 Å². The third-order valence-corrected chi connectivity index (χ3v) is 7.06. The Bertz CT molecular complexity index is 1340. The summed E-state index contributed by atoms with van der Waals surface area (Å²) < 4.78 is 7.71. The van der Waals surface area contributed by atoms with Crippen molar-refractivity contribution in [3.8, 4) is 17.0 Å². The van der Waals surface area contributed by atoms with Crippen LogP contribution in [0.1, 0.15) is 11.4 Å². The fourth-order valence-electron chi connectivity index (χ4n) is 3.06. The Morgan fingerprint density at radius 1 is 1.23 bits per heavy atom. The number of allylic oxidation sites excluding steroid dienone is 1. The Morgan fingerprint density at radius 2 is 2.03 bits per heavy atom. The summed E-state index contributed by atoms with van der Waals surface area (Å²) in [6.07, 6.45) is 1.75. The van der Waals surface area contributed by atoms with Crippen molar-refractivity contribution in [2.24, 2.45) is 0 Å². The molecule has 1 N–H and O–H groups in total. The smallest absolute Gasteiger partial charge is 0.236 e. The maximum absolute atomic E-state index is 12.5. The zero-order chi connectivity index (χ0) is 24.8. The van der Waals surface area contributed by atoms with E-state index in [0.29, 0.717) is 38.4 Å². The molecule has 0 aliphatic heterocycles. The molecule has 7 nitrogen and oxygen atoms in total. The van der Waals surface area contributed by atoms with Gasteiger partial charge in [0.1, 0.15) is 12.4 Å². The van der Waals surface area contributed by atoms with Crippen LogP contribution in [0.3, 0.4) is 0 Å². The van der Waals surface area contributed by atoms with Crippen molar-refractivity contribution in [1.29, 1.82) is 0 Å². The van der Waals surface area contributed by atoms with Crippen molar-refractivity contribution >= 4 is 57.3 Å². The van der Waals surface area contributed by atoms with E-state index in [1.165, 1.54) is 23.1 Å². The van der Waals surface area contributed by atoms with Gasteiger partial charge in [-0.25, -0.2) is 4.98 Å². The maximum atomic E-state index is 12.5. The van der Waals surface area contributed by atoms with Gasteiger partial charge in [0.15, 0.2) is 16.1 Å². The second-order valence-corrected chi connectivity index (χ2v) is 10.0. The van der Waals surface area contributed by atoms with Gasteiger partial charge in [0.05, 0.1) is 16.5 Å².